The maximum absolute atomic E-state index is 13.4. The molecule has 5 rings (SSSR count). The highest BCUT2D eigenvalue weighted by molar-refractivity contribution is 5.97. The number of ether oxygens (including phenoxy) is 1. The van der Waals surface area contributed by atoms with E-state index in [2.05, 4.69) is 20.4 Å². The molecule has 178 valence electrons. The third-order valence-corrected chi connectivity index (χ3v) is 6.80. The van der Waals surface area contributed by atoms with Gasteiger partial charge in [-0.15, -0.1) is 10.2 Å². The van der Waals surface area contributed by atoms with Crippen molar-refractivity contribution in [2.45, 2.75) is 44.4 Å². The summed E-state index contributed by atoms with van der Waals surface area (Å²) >= 11 is 0. The van der Waals surface area contributed by atoms with Crippen molar-refractivity contribution in [1.29, 1.82) is 0 Å². The first kappa shape index (κ1) is 22.6. The maximum Gasteiger partial charge on any atom is 0.303 e. The van der Waals surface area contributed by atoms with Crippen molar-refractivity contribution in [3.63, 3.8) is 0 Å². The Morgan fingerprint density at radius 3 is 2.86 bits per heavy atom. The second kappa shape index (κ2) is 8.87. The molecule has 3 aromatic rings. The number of aliphatic carboxylic acids is 1. The lowest BCUT2D eigenvalue weighted by molar-refractivity contribution is -0.137. The summed E-state index contributed by atoms with van der Waals surface area (Å²) < 4.78 is 11.5. The molecule has 2 heterocycles. The number of hydrogen-bond donors (Lipinski definition) is 2. The molecular weight excluding hydrogens is 448 g/mol. The smallest absolute Gasteiger partial charge is 0.303 e. The predicted octanol–water partition coefficient (Wildman–Crippen LogP) is 4.68. The molecule has 1 aliphatic heterocycles. The molecule has 2 N–H and O–H groups in total. The highest BCUT2D eigenvalue weighted by Gasteiger charge is 2.61. The molecule has 1 aromatic heterocycles. The standard InChI is InChI=1S/C26H24N4O5/c1-15-29-30-25(35-15)17-7-9-22-19(12-17)26(10-11-34-22)14-20(26)24(33)28-21-13-18(27-2)8-6-16(21)4-3-5-23(31)32/h6-9,12-13,20H,3-5,10-11,14H2,1H3,(H,28,33)(H,31,32)/t20-,26-/m0/s1. The summed E-state index contributed by atoms with van der Waals surface area (Å²) in [7, 11) is 0. The zero-order valence-corrected chi connectivity index (χ0v) is 19.2. The number of carboxylic acids is 1. The molecule has 35 heavy (non-hydrogen) atoms. The molecule has 1 amide bonds. The van der Waals surface area contributed by atoms with Crippen molar-refractivity contribution in [1.82, 2.24) is 10.2 Å². The fourth-order valence-electron chi connectivity index (χ4n) is 4.91. The van der Waals surface area contributed by atoms with Crippen LogP contribution in [-0.4, -0.2) is 33.8 Å². The Labute approximate surface area is 201 Å². The number of carbonyl (C=O) groups is 2. The van der Waals surface area contributed by atoms with Crippen LogP contribution in [0.25, 0.3) is 16.3 Å². The van der Waals surface area contributed by atoms with E-state index in [4.69, 9.17) is 20.8 Å². The Kier molecular flexibility index (Phi) is 5.73. The normalized spacial score (nSPS) is 19.9. The molecule has 1 fully saturated rings. The van der Waals surface area contributed by atoms with Crippen LogP contribution in [0.5, 0.6) is 5.75 Å². The van der Waals surface area contributed by atoms with Crippen molar-refractivity contribution in [3.8, 4) is 17.2 Å². The molecule has 1 aliphatic carbocycles. The van der Waals surface area contributed by atoms with Crippen molar-refractivity contribution in [3.05, 3.63) is 64.8 Å². The third kappa shape index (κ3) is 4.35. The Balaban J connectivity index is 1.38. The number of nitrogens with one attached hydrogen (secondary N) is 1. The van der Waals surface area contributed by atoms with Gasteiger partial charge in [0.1, 0.15) is 5.75 Å². The largest absolute Gasteiger partial charge is 0.493 e. The fraction of sp³-hybridized carbons (Fsp3) is 0.346. The average Bonchev–Trinajstić information content (AvgIpc) is 3.40. The van der Waals surface area contributed by atoms with Crippen LogP contribution in [0.2, 0.25) is 0 Å². The summed E-state index contributed by atoms with van der Waals surface area (Å²) in [4.78, 5) is 27.8. The van der Waals surface area contributed by atoms with Crippen LogP contribution in [-0.2, 0) is 21.4 Å². The lowest BCUT2D eigenvalue weighted by Crippen LogP contribution is -2.27. The molecule has 0 radical (unpaired) electrons. The van der Waals surface area contributed by atoms with Gasteiger partial charge >= 0.3 is 5.97 Å². The minimum absolute atomic E-state index is 0.0440. The van der Waals surface area contributed by atoms with Gasteiger partial charge in [-0.25, -0.2) is 4.85 Å². The Morgan fingerprint density at radius 2 is 2.11 bits per heavy atom. The van der Waals surface area contributed by atoms with Crippen molar-refractivity contribution in [2.24, 2.45) is 5.92 Å². The van der Waals surface area contributed by atoms with Crippen molar-refractivity contribution < 1.29 is 23.8 Å². The number of nitrogens with zero attached hydrogens (tertiary/aromatic N) is 3. The van der Waals surface area contributed by atoms with Crippen LogP contribution in [0, 0.1) is 19.4 Å². The summed E-state index contributed by atoms with van der Waals surface area (Å²) in [5.41, 5.74) is 3.23. The van der Waals surface area contributed by atoms with Gasteiger partial charge in [-0.05, 0) is 55.5 Å². The maximum atomic E-state index is 13.4. The fourth-order valence-corrected chi connectivity index (χ4v) is 4.91. The second-order valence-corrected chi connectivity index (χ2v) is 9.04. The topological polar surface area (TPSA) is 119 Å². The molecule has 0 saturated heterocycles. The first-order valence-electron chi connectivity index (χ1n) is 11.5. The Bertz CT molecular complexity index is 1360. The molecule has 9 heteroatoms. The van der Waals surface area contributed by atoms with E-state index in [1.54, 1.807) is 25.1 Å². The minimum atomic E-state index is -0.860. The number of rotatable bonds is 7. The Morgan fingerprint density at radius 1 is 1.26 bits per heavy atom. The zero-order chi connectivity index (χ0) is 24.6. The van der Waals surface area contributed by atoms with Crippen LogP contribution in [0.15, 0.2) is 40.8 Å². The number of benzene rings is 2. The molecule has 0 unspecified atom stereocenters. The summed E-state index contributed by atoms with van der Waals surface area (Å²) in [6.45, 7) is 9.58. The highest BCUT2D eigenvalue weighted by Crippen LogP contribution is 2.61. The lowest BCUT2D eigenvalue weighted by atomic mass is 9.86. The van der Waals surface area contributed by atoms with E-state index in [1.165, 1.54) is 0 Å². The van der Waals surface area contributed by atoms with Crippen LogP contribution >= 0.6 is 0 Å². The monoisotopic (exact) mass is 472 g/mol. The van der Waals surface area contributed by atoms with Gasteiger partial charge in [0.2, 0.25) is 17.7 Å². The Hall–Kier alpha value is -4.19. The quantitative estimate of drug-likeness (QED) is 0.479. The molecule has 2 aliphatic rings. The van der Waals surface area contributed by atoms with Gasteiger partial charge in [0.15, 0.2) is 5.69 Å². The van der Waals surface area contributed by atoms with Gasteiger partial charge in [0.05, 0.1) is 13.2 Å². The van der Waals surface area contributed by atoms with Gasteiger partial charge in [0, 0.05) is 41.5 Å². The number of carbonyl (C=O) groups excluding carboxylic acids is 1. The highest BCUT2D eigenvalue weighted by atomic mass is 16.5. The number of hydrogen-bond acceptors (Lipinski definition) is 6. The molecular formula is C26H24N4O5. The van der Waals surface area contributed by atoms with Crippen LogP contribution in [0.4, 0.5) is 11.4 Å². The van der Waals surface area contributed by atoms with Crippen LogP contribution in [0.3, 0.4) is 0 Å². The van der Waals surface area contributed by atoms with Crippen molar-refractivity contribution in [2.75, 3.05) is 11.9 Å². The van der Waals surface area contributed by atoms with E-state index in [0.29, 0.717) is 49.0 Å². The van der Waals surface area contributed by atoms with E-state index in [9.17, 15) is 9.59 Å². The first-order chi connectivity index (χ1) is 16.9. The van der Waals surface area contributed by atoms with Gasteiger partial charge in [-0.2, -0.15) is 0 Å². The third-order valence-electron chi connectivity index (χ3n) is 6.80. The summed E-state index contributed by atoms with van der Waals surface area (Å²) in [5, 5.41) is 20.0. The van der Waals surface area contributed by atoms with Crippen molar-refractivity contribution >= 4 is 23.3 Å². The molecule has 1 saturated carbocycles. The van der Waals surface area contributed by atoms with Crippen LogP contribution < -0.4 is 10.1 Å². The summed E-state index contributed by atoms with van der Waals surface area (Å²) in [6, 6.07) is 10.9. The first-order valence-corrected chi connectivity index (χ1v) is 11.5. The van der Waals surface area contributed by atoms with E-state index < -0.39 is 5.97 Å². The number of aryl methyl sites for hydroxylation is 2. The lowest BCUT2D eigenvalue weighted by Gasteiger charge is -2.27. The molecule has 2 atom stereocenters. The SMILES string of the molecule is [C-]#[N+]c1ccc(CCCC(=O)O)c(NC(=O)[C@@H]2C[C@]23CCOc2ccc(-c4nnc(C)o4)cc23)c1. The summed E-state index contributed by atoms with van der Waals surface area (Å²) in [6.07, 6.45) is 2.41. The molecule has 2 aromatic carbocycles. The number of aromatic nitrogens is 2. The van der Waals surface area contributed by atoms with Gasteiger partial charge in [-0.1, -0.05) is 12.1 Å². The molecule has 0 bridgehead atoms. The number of fused-ring (bicyclic) bond motifs is 2. The number of anilines is 1. The number of carboxylic acid groups (broad SMARTS) is 1. The van der Waals surface area contributed by atoms with Crippen LogP contribution in [0.1, 0.15) is 42.7 Å². The van der Waals surface area contributed by atoms with E-state index in [1.807, 2.05) is 18.2 Å². The molecule has 9 nitrogen and oxygen atoms in total. The average molecular weight is 473 g/mol. The number of amides is 1. The second-order valence-electron chi connectivity index (χ2n) is 9.04. The van der Waals surface area contributed by atoms with Gasteiger partial charge < -0.3 is 19.6 Å². The van der Waals surface area contributed by atoms with Gasteiger partial charge in [0.25, 0.3) is 0 Å². The van der Waals surface area contributed by atoms with E-state index >= 15 is 0 Å². The molecule has 1 spiro atoms. The summed E-state index contributed by atoms with van der Waals surface area (Å²) in [5.74, 6) is 0.451. The minimum Gasteiger partial charge on any atom is -0.493 e. The van der Waals surface area contributed by atoms with E-state index in [-0.39, 0.29) is 23.7 Å². The predicted molar refractivity (Wildman–Crippen MR) is 126 cm³/mol. The zero-order valence-electron chi connectivity index (χ0n) is 19.2. The van der Waals surface area contributed by atoms with Gasteiger partial charge in [-0.3, -0.25) is 9.59 Å². The van der Waals surface area contributed by atoms with E-state index in [0.717, 1.165) is 28.9 Å².